The van der Waals surface area contributed by atoms with Gasteiger partial charge in [-0.3, -0.25) is 14.4 Å². The number of benzene rings is 1. The summed E-state index contributed by atoms with van der Waals surface area (Å²) in [6.45, 7) is 3.43. The maximum Gasteiger partial charge on any atom is 0.225 e. The fourth-order valence-corrected chi connectivity index (χ4v) is 4.26. The molecule has 1 N–H and O–H groups in total. The molecule has 0 bridgehead atoms. The lowest BCUT2D eigenvalue weighted by Gasteiger charge is -2.35. The van der Waals surface area contributed by atoms with Crippen LogP contribution in [0.1, 0.15) is 73.7 Å². The monoisotopic (exact) mass is 384 g/mol. The Labute approximate surface area is 167 Å². The maximum atomic E-state index is 12.6. The number of rotatable bonds is 6. The lowest BCUT2D eigenvalue weighted by Crippen LogP contribution is -2.48. The maximum absolute atomic E-state index is 12.6. The van der Waals surface area contributed by atoms with E-state index in [2.05, 4.69) is 5.32 Å². The second-order valence-corrected chi connectivity index (χ2v) is 8.29. The lowest BCUT2D eigenvalue weighted by atomic mass is 9.87. The van der Waals surface area contributed by atoms with Crippen LogP contribution in [0.5, 0.6) is 0 Å². The van der Waals surface area contributed by atoms with Crippen LogP contribution in [0, 0.1) is 12.8 Å². The summed E-state index contributed by atoms with van der Waals surface area (Å²) in [7, 11) is 0. The third-order valence-electron chi connectivity index (χ3n) is 6.08. The summed E-state index contributed by atoms with van der Waals surface area (Å²) < 4.78 is 0. The molecule has 1 heterocycles. The van der Waals surface area contributed by atoms with E-state index in [1.807, 2.05) is 36.1 Å². The third kappa shape index (κ3) is 5.66. The Kier molecular flexibility index (Phi) is 7.24. The van der Waals surface area contributed by atoms with Gasteiger partial charge in [-0.25, -0.2) is 0 Å². The largest absolute Gasteiger partial charge is 0.353 e. The van der Waals surface area contributed by atoms with E-state index in [4.69, 9.17) is 0 Å². The molecule has 28 heavy (non-hydrogen) atoms. The van der Waals surface area contributed by atoms with Gasteiger partial charge in [-0.15, -0.1) is 0 Å². The molecular weight excluding hydrogens is 352 g/mol. The van der Waals surface area contributed by atoms with Crippen LogP contribution in [0.3, 0.4) is 0 Å². The zero-order chi connectivity index (χ0) is 19.9. The van der Waals surface area contributed by atoms with E-state index in [-0.39, 0.29) is 36.5 Å². The second kappa shape index (κ2) is 9.85. The van der Waals surface area contributed by atoms with Crippen molar-refractivity contribution in [2.24, 2.45) is 5.92 Å². The summed E-state index contributed by atoms with van der Waals surface area (Å²) in [5.41, 5.74) is 1.77. The van der Waals surface area contributed by atoms with Crippen LogP contribution in [0.2, 0.25) is 0 Å². The average molecular weight is 385 g/mol. The third-order valence-corrected chi connectivity index (χ3v) is 6.08. The highest BCUT2D eigenvalue weighted by atomic mass is 16.2. The summed E-state index contributed by atoms with van der Waals surface area (Å²) in [6.07, 6.45) is 7.71. The van der Waals surface area contributed by atoms with Crippen molar-refractivity contribution in [3.05, 3.63) is 35.4 Å². The molecule has 0 aromatic heterocycles. The summed E-state index contributed by atoms with van der Waals surface area (Å²) >= 11 is 0. The van der Waals surface area contributed by atoms with Crippen LogP contribution in [0.4, 0.5) is 0 Å². The Morgan fingerprint density at radius 3 is 2.21 bits per heavy atom. The van der Waals surface area contributed by atoms with Crippen molar-refractivity contribution in [1.29, 1.82) is 0 Å². The topological polar surface area (TPSA) is 66.5 Å². The first-order chi connectivity index (χ1) is 13.5. The number of carbonyl (C=O) groups excluding carboxylic acids is 3. The van der Waals surface area contributed by atoms with Gasteiger partial charge in [-0.1, -0.05) is 49.1 Å². The van der Waals surface area contributed by atoms with Gasteiger partial charge in [-0.2, -0.15) is 0 Å². The molecule has 1 aromatic rings. The quantitative estimate of drug-likeness (QED) is 0.762. The molecule has 3 rings (SSSR count). The van der Waals surface area contributed by atoms with Crippen molar-refractivity contribution in [3.8, 4) is 0 Å². The van der Waals surface area contributed by atoms with Gasteiger partial charge in [0, 0.05) is 43.5 Å². The highest BCUT2D eigenvalue weighted by Crippen LogP contribution is 2.26. The average Bonchev–Trinajstić information content (AvgIpc) is 2.73. The van der Waals surface area contributed by atoms with Gasteiger partial charge in [0.1, 0.15) is 0 Å². The Morgan fingerprint density at radius 2 is 1.57 bits per heavy atom. The molecule has 152 valence electrons. The van der Waals surface area contributed by atoms with Crippen molar-refractivity contribution in [2.45, 2.75) is 70.8 Å². The number of aryl methyl sites for hydroxylation is 1. The van der Waals surface area contributed by atoms with Crippen molar-refractivity contribution in [3.63, 3.8) is 0 Å². The number of ketones is 1. The fraction of sp³-hybridized carbons (Fsp3) is 0.609. The standard InChI is InChI=1S/C23H32N2O3/c1-17-7-9-18(10-8-17)21(26)11-12-22(27)24-20-13-15-25(16-14-20)23(28)19-5-3-2-4-6-19/h7-10,19-20H,2-6,11-16H2,1H3,(H,24,27). The van der Waals surface area contributed by atoms with Crippen molar-refractivity contribution in [1.82, 2.24) is 10.2 Å². The molecule has 1 saturated carbocycles. The lowest BCUT2D eigenvalue weighted by molar-refractivity contribution is -0.137. The van der Waals surface area contributed by atoms with E-state index in [9.17, 15) is 14.4 Å². The van der Waals surface area contributed by atoms with Crippen LogP contribution >= 0.6 is 0 Å². The molecular formula is C23H32N2O3. The molecule has 0 atom stereocenters. The Morgan fingerprint density at radius 1 is 0.929 bits per heavy atom. The predicted molar refractivity (Wildman–Crippen MR) is 109 cm³/mol. The van der Waals surface area contributed by atoms with Gasteiger partial charge < -0.3 is 10.2 Å². The summed E-state index contributed by atoms with van der Waals surface area (Å²) in [5.74, 6) is 0.460. The van der Waals surface area contributed by atoms with E-state index in [1.165, 1.54) is 19.3 Å². The van der Waals surface area contributed by atoms with Crippen molar-refractivity contribution in [2.75, 3.05) is 13.1 Å². The van der Waals surface area contributed by atoms with Crippen LogP contribution in [0.15, 0.2) is 24.3 Å². The highest BCUT2D eigenvalue weighted by Gasteiger charge is 2.29. The molecule has 5 heteroatoms. The highest BCUT2D eigenvalue weighted by molar-refractivity contribution is 5.98. The molecule has 1 aliphatic carbocycles. The van der Waals surface area contributed by atoms with Crippen LogP contribution in [-0.2, 0) is 9.59 Å². The minimum absolute atomic E-state index is 0.00282. The second-order valence-electron chi connectivity index (χ2n) is 8.29. The van der Waals surface area contributed by atoms with Gasteiger partial charge in [-0.05, 0) is 32.6 Å². The minimum Gasteiger partial charge on any atom is -0.353 e. The summed E-state index contributed by atoms with van der Waals surface area (Å²) in [5, 5.41) is 3.04. The van der Waals surface area contributed by atoms with Crippen LogP contribution in [-0.4, -0.2) is 41.6 Å². The number of hydrogen-bond donors (Lipinski definition) is 1. The molecule has 2 aliphatic rings. The number of piperidine rings is 1. The molecule has 1 aromatic carbocycles. The number of Topliss-reactive ketones (excluding diaryl/α,β-unsaturated/α-hetero) is 1. The fourth-order valence-electron chi connectivity index (χ4n) is 4.26. The number of amides is 2. The normalized spacial score (nSPS) is 18.7. The Bertz CT molecular complexity index is 684. The summed E-state index contributed by atoms with van der Waals surface area (Å²) in [6, 6.07) is 7.56. The van der Waals surface area contributed by atoms with E-state index in [0.29, 0.717) is 11.5 Å². The van der Waals surface area contributed by atoms with E-state index in [0.717, 1.165) is 44.3 Å². The van der Waals surface area contributed by atoms with Gasteiger partial charge >= 0.3 is 0 Å². The number of nitrogens with one attached hydrogen (secondary N) is 1. The van der Waals surface area contributed by atoms with Gasteiger partial charge in [0.15, 0.2) is 5.78 Å². The molecule has 1 saturated heterocycles. The van der Waals surface area contributed by atoms with E-state index in [1.54, 1.807) is 0 Å². The van der Waals surface area contributed by atoms with E-state index < -0.39 is 0 Å². The smallest absolute Gasteiger partial charge is 0.225 e. The first-order valence-corrected chi connectivity index (χ1v) is 10.7. The predicted octanol–water partition coefficient (Wildman–Crippen LogP) is 3.65. The number of likely N-dealkylation sites (tertiary alicyclic amines) is 1. The van der Waals surface area contributed by atoms with Gasteiger partial charge in [0.2, 0.25) is 11.8 Å². The van der Waals surface area contributed by atoms with Gasteiger partial charge in [0.25, 0.3) is 0 Å². The Balaban J connectivity index is 1.37. The van der Waals surface area contributed by atoms with Gasteiger partial charge in [0.05, 0.1) is 0 Å². The molecule has 0 unspecified atom stereocenters. The minimum atomic E-state index is -0.0717. The first kappa shape index (κ1) is 20.6. The zero-order valence-corrected chi connectivity index (χ0v) is 16.9. The molecule has 2 fully saturated rings. The Hall–Kier alpha value is -2.17. The van der Waals surface area contributed by atoms with E-state index >= 15 is 0 Å². The molecule has 1 aliphatic heterocycles. The molecule has 2 amide bonds. The molecule has 0 radical (unpaired) electrons. The number of hydrogen-bond acceptors (Lipinski definition) is 3. The van der Waals surface area contributed by atoms with Crippen molar-refractivity contribution >= 4 is 17.6 Å². The van der Waals surface area contributed by atoms with Crippen molar-refractivity contribution < 1.29 is 14.4 Å². The summed E-state index contributed by atoms with van der Waals surface area (Å²) in [4.78, 5) is 39.0. The number of carbonyl (C=O) groups is 3. The molecule has 5 nitrogen and oxygen atoms in total. The van der Waals surface area contributed by atoms with Crippen LogP contribution in [0.25, 0.3) is 0 Å². The number of nitrogens with zero attached hydrogens (tertiary/aromatic N) is 1. The SMILES string of the molecule is Cc1ccc(C(=O)CCC(=O)NC2CCN(C(=O)C3CCCCC3)CC2)cc1. The molecule has 0 spiro atoms. The van der Waals surface area contributed by atoms with Crippen LogP contribution < -0.4 is 5.32 Å². The first-order valence-electron chi connectivity index (χ1n) is 10.7. The zero-order valence-electron chi connectivity index (χ0n) is 16.9.